The van der Waals surface area contributed by atoms with Gasteiger partial charge >= 0.3 is 5.97 Å². The van der Waals surface area contributed by atoms with Crippen molar-refractivity contribution in [3.63, 3.8) is 0 Å². The maximum absolute atomic E-state index is 12.6. The third-order valence-corrected chi connectivity index (χ3v) is 11.2. The van der Waals surface area contributed by atoms with Gasteiger partial charge in [-0.15, -0.1) is 27.2 Å². The summed E-state index contributed by atoms with van der Waals surface area (Å²) >= 11 is 1.57. The lowest BCUT2D eigenvalue weighted by Gasteiger charge is -2.42. The average Bonchev–Trinajstić information content (AvgIpc) is 3.46. The Labute approximate surface area is 240 Å². The molecule has 9 nitrogen and oxygen atoms in total. The lowest BCUT2D eigenvalue weighted by molar-refractivity contribution is -0.147. The molecular weight excluding hydrogens is 546 g/mol. The summed E-state index contributed by atoms with van der Waals surface area (Å²) in [4.78, 5) is 19.5. The second-order valence-corrected chi connectivity index (χ2v) is 14.6. The number of thiophene rings is 1. The maximum Gasteiger partial charge on any atom is 0.310 e. The van der Waals surface area contributed by atoms with E-state index in [2.05, 4.69) is 28.3 Å². The highest BCUT2D eigenvalue weighted by atomic mass is 32.3. The number of carboxylic acids is 1. The molecular formula is C29H37N5O4S2. The molecule has 0 spiro atoms. The number of carbonyl (C=O) groups is 1. The fraction of sp³-hybridized carbons (Fsp3) is 0.448. The van der Waals surface area contributed by atoms with E-state index in [9.17, 15) is 19.0 Å². The number of aromatic nitrogens is 4. The van der Waals surface area contributed by atoms with E-state index in [1.54, 1.807) is 47.8 Å². The van der Waals surface area contributed by atoms with Crippen molar-refractivity contribution in [2.45, 2.75) is 71.9 Å². The van der Waals surface area contributed by atoms with Gasteiger partial charge in [0.1, 0.15) is 5.52 Å². The third-order valence-electron chi connectivity index (χ3n) is 8.10. The van der Waals surface area contributed by atoms with E-state index in [1.165, 1.54) is 0 Å². The van der Waals surface area contributed by atoms with Crippen LogP contribution in [-0.4, -0.2) is 51.0 Å². The molecule has 1 aliphatic heterocycles. The minimum Gasteiger partial charge on any atom is -0.481 e. The van der Waals surface area contributed by atoms with Gasteiger partial charge in [-0.1, -0.05) is 18.2 Å². The van der Waals surface area contributed by atoms with E-state index in [1.807, 2.05) is 37.6 Å². The molecule has 0 amide bonds. The van der Waals surface area contributed by atoms with E-state index < -0.39 is 28.1 Å². The van der Waals surface area contributed by atoms with Crippen molar-refractivity contribution in [2.75, 3.05) is 6.54 Å². The molecule has 214 valence electrons. The number of hydrogen-bond donors (Lipinski definition) is 3. The molecule has 3 N–H and O–H groups in total. The Kier molecular flexibility index (Phi) is 7.56. The van der Waals surface area contributed by atoms with Gasteiger partial charge in [0.05, 0.1) is 21.5 Å². The SMILES string of the molecule is CCn1nnc2c(C)c([C@H](c3cc(CN4C[C@H](C)Cc5ncccc5S4(O)O)c(C)s3)C(C)(C)C(=O)O)ccc21. The van der Waals surface area contributed by atoms with Gasteiger partial charge in [0.25, 0.3) is 0 Å². The Morgan fingerprint density at radius 1 is 1.25 bits per heavy atom. The van der Waals surface area contributed by atoms with Gasteiger partial charge in [-0.2, -0.15) is 4.31 Å². The van der Waals surface area contributed by atoms with Gasteiger partial charge in [0.2, 0.25) is 0 Å². The maximum atomic E-state index is 12.6. The van der Waals surface area contributed by atoms with Crippen LogP contribution < -0.4 is 0 Å². The molecule has 0 radical (unpaired) electrons. The number of benzene rings is 1. The highest BCUT2D eigenvalue weighted by Gasteiger charge is 2.41. The molecule has 40 heavy (non-hydrogen) atoms. The molecule has 2 atom stereocenters. The van der Waals surface area contributed by atoms with E-state index in [4.69, 9.17) is 0 Å². The first-order chi connectivity index (χ1) is 18.9. The first-order valence-corrected chi connectivity index (χ1v) is 15.8. The second-order valence-electron chi connectivity index (χ2n) is 11.3. The standard InChI is InChI=1S/C29H37N5O4S2/c1-7-34-23-11-10-21(18(3)27(23)31-32-34)26(29(5,6)28(35)36)24-14-20(19(4)39-24)16-33-15-17(2)13-22-25(40(33,37)38)9-8-12-30-22/h8-12,14,17,26,37-38H,7,13,15-16H2,1-6H3,(H,35,36)/t17-,26-/m1/s1. The Morgan fingerprint density at radius 2 is 2.00 bits per heavy atom. The van der Waals surface area contributed by atoms with Crippen LogP contribution in [-0.2, 0) is 24.3 Å². The van der Waals surface area contributed by atoms with Crippen LogP contribution in [0.25, 0.3) is 11.0 Å². The van der Waals surface area contributed by atoms with Crippen LogP contribution >= 0.6 is 22.1 Å². The van der Waals surface area contributed by atoms with E-state index >= 15 is 0 Å². The van der Waals surface area contributed by atoms with Crippen molar-refractivity contribution in [3.05, 3.63) is 68.7 Å². The first-order valence-electron chi connectivity index (χ1n) is 13.5. The average molecular weight is 584 g/mol. The minimum atomic E-state index is -3.24. The zero-order valence-corrected chi connectivity index (χ0v) is 25.4. The van der Waals surface area contributed by atoms with Gasteiger partial charge in [0, 0.05) is 41.5 Å². The van der Waals surface area contributed by atoms with Crippen LogP contribution in [0.15, 0.2) is 41.4 Å². The number of carboxylic acid groups (broad SMARTS) is 1. The molecule has 4 aromatic rings. The number of nitrogens with zero attached hydrogens (tertiary/aromatic N) is 5. The van der Waals surface area contributed by atoms with Crippen molar-refractivity contribution < 1.29 is 19.0 Å². The number of pyridine rings is 1. The van der Waals surface area contributed by atoms with Crippen LogP contribution in [0.5, 0.6) is 0 Å². The molecule has 3 aromatic heterocycles. The monoisotopic (exact) mass is 583 g/mol. The van der Waals surface area contributed by atoms with Crippen LogP contribution in [0.2, 0.25) is 0 Å². The summed E-state index contributed by atoms with van der Waals surface area (Å²) in [6.45, 7) is 13.2. The number of aryl methyl sites for hydroxylation is 3. The van der Waals surface area contributed by atoms with E-state index in [0.29, 0.717) is 31.0 Å². The lowest BCUT2D eigenvalue weighted by Crippen LogP contribution is -2.32. The van der Waals surface area contributed by atoms with Crippen molar-refractivity contribution in [2.24, 2.45) is 11.3 Å². The fourth-order valence-corrected chi connectivity index (χ4v) is 8.87. The zero-order chi connectivity index (χ0) is 29.0. The Balaban J connectivity index is 1.57. The molecule has 0 fully saturated rings. The first kappa shape index (κ1) is 28.7. The number of rotatable bonds is 7. The summed E-state index contributed by atoms with van der Waals surface area (Å²) < 4.78 is 26.5. The number of fused-ring (bicyclic) bond motifs is 2. The molecule has 0 bridgehead atoms. The second kappa shape index (κ2) is 10.5. The Morgan fingerprint density at radius 3 is 2.70 bits per heavy atom. The number of aliphatic carboxylic acids is 1. The minimum absolute atomic E-state index is 0.186. The smallest absolute Gasteiger partial charge is 0.310 e. The molecule has 0 saturated carbocycles. The van der Waals surface area contributed by atoms with Gasteiger partial charge in [-0.25, -0.2) is 4.68 Å². The van der Waals surface area contributed by atoms with E-state index in [-0.39, 0.29) is 5.92 Å². The third kappa shape index (κ3) is 4.83. The summed E-state index contributed by atoms with van der Waals surface area (Å²) in [5.41, 5.74) is 4.11. The molecule has 1 aliphatic rings. The quantitative estimate of drug-likeness (QED) is 0.226. The predicted octanol–water partition coefficient (Wildman–Crippen LogP) is 6.49. The molecule has 0 unspecified atom stereocenters. The van der Waals surface area contributed by atoms with Crippen LogP contribution in [0.4, 0.5) is 0 Å². The normalized spacial score (nSPS) is 19.2. The van der Waals surface area contributed by atoms with E-state index in [0.717, 1.165) is 43.2 Å². The lowest BCUT2D eigenvalue weighted by atomic mass is 9.72. The highest BCUT2D eigenvalue weighted by molar-refractivity contribution is 8.22. The Hall–Kier alpha value is -2.83. The molecule has 0 aliphatic carbocycles. The number of hydrogen-bond acceptors (Lipinski definition) is 8. The summed E-state index contributed by atoms with van der Waals surface area (Å²) in [7, 11) is -3.24. The predicted molar refractivity (Wildman–Crippen MR) is 159 cm³/mol. The van der Waals surface area contributed by atoms with Crippen molar-refractivity contribution in [1.82, 2.24) is 24.3 Å². The summed E-state index contributed by atoms with van der Waals surface area (Å²) in [5.74, 6) is -1.14. The summed E-state index contributed by atoms with van der Waals surface area (Å²) in [6, 6.07) is 9.54. The van der Waals surface area contributed by atoms with Gasteiger partial charge in [-0.3, -0.25) is 18.9 Å². The van der Waals surface area contributed by atoms with Crippen molar-refractivity contribution in [3.8, 4) is 0 Å². The van der Waals surface area contributed by atoms with Crippen molar-refractivity contribution >= 4 is 39.1 Å². The van der Waals surface area contributed by atoms with Crippen LogP contribution in [0.3, 0.4) is 0 Å². The molecule has 5 rings (SSSR count). The summed E-state index contributed by atoms with van der Waals surface area (Å²) in [6.07, 6.45) is 2.37. The van der Waals surface area contributed by atoms with Gasteiger partial charge in [0.15, 0.2) is 0 Å². The topological polar surface area (TPSA) is 125 Å². The van der Waals surface area contributed by atoms with Gasteiger partial charge < -0.3 is 5.11 Å². The highest BCUT2D eigenvalue weighted by Crippen LogP contribution is 2.56. The molecule has 4 heterocycles. The Bertz CT molecular complexity index is 1580. The molecule has 0 saturated heterocycles. The van der Waals surface area contributed by atoms with Gasteiger partial charge in [-0.05, 0) is 87.9 Å². The fourth-order valence-electron chi connectivity index (χ4n) is 5.75. The van der Waals surface area contributed by atoms with Crippen LogP contribution in [0.1, 0.15) is 65.8 Å². The zero-order valence-electron chi connectivity index (χ0n) is 23.7. The van der Waals surface area contributed by atoms with Crippen molar-refractivity contribution in [1.29, 1.82) is 0 Å². The molecule has 1 aromatic carbocycles. The summed E-state index contributed by atoms with van der Waals surface area (Å²) in [5, 5.41) is 19.0. The largest absolute Gasteiger partial charge is 0.481 e. The van der Waals surface area contributed by atoms with Crippen LogP contribution in [0, 0.1) is 25.2 Å². The molecule has 11 heteroatoms.